The predicted octanol–water partition coefficient (Wildman–Crippen LogP) is 3.98. The number of Topliss-reactive ketones (excluding diaryl/α,β-unsaturated/α-hetero) is 1. The van der Waals surface area contributed by atoms with Gasteiger partial charge >= 0.3 is 0 Å². The minimum Gasteiger partial charge on any atom is -0.294 e. The second-order valence-electron chi connectivity index (χ2n) is 4.58. The van der Waals surface area contributed by atoms with Crippen molar-refractivity contribution in [3.05, 3.63) is 70.8 Å². The minimum absolute atomic E-state index is 0.192. The standard InChI is InChI=1S/C17H18O/c1-3-14-8-10-15(11-9-14)12-17(18)16-7-5-4-6-13(16)2/h4-11H,3,12H2,1-2H3. The van der Waals surface area contributed by atoms with E-state index in [0.717, 1.165) is 23.1 Å². The van der Waals surface area contributed by atoms with Crippen molar-refractivity contribution in [2.45, 2.75) is 26.7 Å². The normalized spacial score (nSPS) is 10.3. The maximum atomic E-state index is 12.2. The van der Waals surface area contributed by atoms with Crippen molar-refractivity contribution in [2.24, 2.45) is 0 Å². The average Bonchev–Trinajstić information content (AvgIpc) is 2.40. The third-order valence-corrected chi connectivity index (χ3v) is 3.24. The Morgan fingerprint density at radius 2 is 1.56 bits per heavy atom. The molecular weight excluding hydrogens is 220 g/mol. The van der Waals surface area contributed by atoms with Crippen LogP contribution in [0, 0.1) is 6.92 Å². The molecule has 2 aromatic rings. The van der Waals surface area contributed by atoms with Crippen LogP contribution in [0.1, 0.15) is 34.0 Å². The summed E-state index contributed by atoms with van der Waals surface area (Å²) in [6, 6.07) is 16.1. The monoisotopic (exact) mass is 238 g/mol. The van der Waals surface area contributed by atoms with Crippen LogP contribution in [0.2, 0.25) is 0 Å². The van der Waals surface area contributed by atoms with Crippen LogP contribution in [0.25, 0.3) is 0 Å². The highest BCUT2D eigenvalue weighted by Gasteiger charge is 2.08. The number of benzene rings is 2. The summed E-state index contributed by atoms with van der Waals surface area (Å²) in [5, 5.41) is 0. The van der Waals surface area contributed by atoms with Gasteiger partial charge in [0.2, 0.25) is 0 Å². The molecule has 0 aliphatic heterocycles. The van der Waals surface area contributed by atoms with E-state index < -0.39 is 0 Å². The molecule has 0 bridgehead atoms. The molecule has 1 heteroatoms. The molecular formula is C17H18O. The fraction of sp³-hybridized carbons (Fsp3) is 0.235. The van der Waals surface area contributed by atoms with Gasteiger partial charge in [0.05, 0.1) is 0 Å². The first-order valence-corrected chi connectivity index (χ1v) is 6.37. The molecule has 0 unspecified atom stereocenters. The molecule has 0 fully saturated rings. The molecule has 0 amide bonds. The van der Waals surface area contributed by atoms with Crippen molar-refractivity contribution in [1.82, 2.24) is 0 Å². The molecule has 0 spiro atoms. The van der Waals surface area contributed by atoms with E-state index in [2.05, 4.69) is 31.2 Å². The largest absolute Gasteiger partial charge is 0.294 e. The van der Waals surface area contributed by atoms with Crippen molar-refractivity contribution in [3.63, 3.8) is 0 Å². The predicted molar refractivity (Wildman–Crippen MR) is 75.0 cm³/mol. The van der Waals surface area contributed by atoms with Gasteiger partial charge in [-0.05, 0) is 30.0 Å². The highest BCUT2D eigenvalue weighted by molar-refractivity contribution is 5.98. The number of carbonyl (C=O) groups is 1. The van der Waals surface area contributed by atoms with E-state index in [1.165, 1.54) is 5.56 Å². The molecule has 0 aliphatic rings. The molecule has 18 heavy (non-hydrogen) atoms. The van der Waals surface area contributed by atoms with Crippen molar-refractivity contribution in [2.75, 3.05) is 0 Å². The first-order chi connectivity index (χ1) is 8.70. The first kappa shape index (κ1) is 12.6. The van der Waals surface area contributed by atoms with Crippen molar-refractivity contribution >= 4 is 5.78 Å². The lowest BCUT2D eigenvalue weighted by Gasteiger charge is -2.05. The van der Waals surface area contributed by atoms with Crippen LogP contribution in [0.4, 0.5) is 0 Å². The highest BCUT2D eigenvalue weighted by atomic mass is 16.1. The third-order valence-electron chi connectivity index (χ3n) is 3.24. The van der Waals surface area contributed by atoms with Gasteiger partial charge < -0.3 is 0 Å². The van der Waals surface area contributed by atoms with Crippen LogP contribution in [0.15, 0.2) is 48.5 Å². The zero-order chi connectivity index (χ0) is 13.0. The molecule has 1 nitrogen and oxygen atoms in total. The van der Waals surface area contributed by atoms with E-state index in [9.17, 15) is 4.79 Å². The summed E-state index contributed by atoms with van der Waals surface area (Å²) in [7, 11) is 0. The fourth-order valence-electron chi connectivity index (χ4n) is 2.06. The quantitative estimate of drug-likeness (QED) is 0.736. The van der Waals surface area contributed by atoms with E-state index >= 15 is 0 Å². The van der Waals surface area contributed by atoms with Gasteiger partial charge in [-0.3, -0.25) is 4.79 Å². The number of aryl methyl sites for hydroxylation is 2. The van der Waals surface area contributed by atoms with Gasteiger partial charge in [0.25, 0.3) is 0 Å². The van der Waals surface area contributed by atoms with Gasteiger partial charge in [-0.25, -0.2) is 0 Å². The third kappa shape index (κ3) is 2.86. The highest BCUT2D eigenvalue weighted by Crippen LogP contribution is 2.12. The van der Waals surface area contributed by atoms with E-state index in [4.69, 9.17) is 0 Å². The smallest absolute Gasteiger partial charge is 0.167 e. The second kappa shape index (κ2) is 5.63. The van der Waals surface area contributed by atoms with E-state index in [1.54, 1.807) is 0 Å². The van der Waals surface area contributed by atoms with E-state index in [1.807, 2.05) is 31.2 Å². The SMILES string of the molecule is CCc1ccc(CC(=O)c2ccccc2C)cc1. The summed E-state index contributed by atoms with van der Waals surface area (Å²) in [6.07, 6.45) is 1.51. The van der Waals surface area contributed by atoms with Gasteiger partial charge in [-0.15, -0.1) is 0 Å². The van der Waals surface area contributed by atoms with Crippen molar-refractivity contribution < 1.29 is 4.79 Å². The Hall–Kier alpha value is -1.89. The van der Waals surface area contributed by atoms with Crippen LogP contribution in [-0.2, 0) is 12.8 Å². The number of hydrogen-bond acceptors (Lipinski definition) is 1. The lowest BCUT2D eigenvalue weighted by molar-refractivity contribution is 0.0992. The lowest BCUT2D eigenvalue weighted by atomic mass is 9.98. The number of ketones is 1. The molecule has 0 N–H and O–H groups in total. The Balaban J connectivity index is 2.14. The van der Waals surface area contributed by atoms with E-state index in [0.29, 0.717) is 6.42 Å². The second-order valence-corrected chi connectivity index (χ2v) is 4.58. The maximum Gasteiger partial charge on any atom is 0.167 e. The Morgan fingerprint density at radius 1 is 0.944 bits per heavy atom. The molecule has 0 atom stereocenters. The van der Waals surface area contributed by atoms with Gasteiger partial charge in [0.15, 0.2) is 5.78 Å². The van der Waals surface area contributed by atoms with Gasteiger partial charge in [-0.2, -0.15) is 0 Å². The topological polar surface area (TPSA) is 17.1 Å². The van der Waals surface area contributed by atoms with Crippen molar-refractivity contribution in [1.29, 1.82) is 0 Å². The average molecular weight is 238 g/mol. The molecule has 0 aliphatic carbocycles. The molecule has 2 rings (SSSR count). The summed E-state index contributed by atoms with van der Waals surface area (Å²) in [4.78, 5) is 12.2. The fourth-order valence-corrected chi connectivity index (χ4v) is 2.06. The van der Waals surface area contributed by atoms with Gasteiger partial charge in [-0.1, -0.05) is 55.5 Å². The Morgan fingerprint density at radius 3 is 2.17 bits per heavy atom. The van der Waals surface area contributed by atoms with Gasteiger partial charge in [0, 0.05) is 12.0 Å². The molecule has 0 aromatic heterocycles. The Labute approximate surface area is 108 Å². The number of rotatable bonds is 4. The zero-order valence-corrected chi connectivity index (χ0v) is 10.9. The molecule has 0 saturated carbocycles. The van der Waals surface area contributed by atoms with Crippen LogP contribution in [-0.4, -0.2) is 5.78 Å². The molecule has 0 radical (unpaired) electrons. The molecule has 92 valence electrons. The summed E-state index contributed by atoms with van der Waals surface area (Å²) < 4.78 is 0. The van der Waals surface area contributed by atoms with Crippen LogP contribution >= 0.6 is 0 Å². The number of hydrogen-bond donors (Lipinski definition) is 0. The summed E-state index contributed by atoms with van der Waals surface area (Å²) >= 11 is 0. The van der Waals surface area contributed by atoms with Crippen LogP contribution in [0.5, 0.6) is 0 Å². The summed E-state index contributed by atoms with van der Waals surface area (Å²) in [5.74, 6) is 0.192. The van der Waals surface area contributed by atoms with Crippen molar-refractivity contribution in [3.8, 4) is 0 Å². The van der Waals surface area contributed by atoms with Gasteiger partial charge in [0.1, 0.15) is 0 Å². The van der Waals surface area contributed by atoms with E-state index in [-0.39, 0.29) is 5.78 Å². The molecule has 0 heterocycles. The maximum absolute atomic E-state index is 12.2. The lowest BCUT2D eigenvalue weighted by Crippen LogP contribution is -2.05. The Kier molecular flexibility index (Phi) is 3.93. The number of carbonyl (C=O) groups excluding carboxylic acids is 1. The van der Waals surface area contributed by atoms with Crippen LogP contribution < -0.4 is 0 Å². The first-order valence-electron chi connectivity index (χ1n) is 6.37. The van der Waals surface area contributed by atoms with Crippen LogP contribution in [0.3, 0.4) is 0 Å². The zero-order valence-electron chi connectivity index (χ0n) is 10.9. The molecule has 2 aromatic carbocycles. The summed E-state index contributed by atoms with van der Waals surface area (Å²) in [5.41, 5.74) is 4.27. The minimum atomic E-state index is 0.192. The summed E-state index contributed by atoms with van der Waals surface area (Å²) in [6.45, 7) is 4.11. The molecule has 0 saturated heterocycles. The Bertz CT molecular complexity index is 538.